The van der Waals surface area contributed by atoms with Crippen molar-refractivity contribution in [2.24, 2.45) is 0 Å². The first-order chi connectivity index (χ1) is 7.17. The molecule has 1 aromatic rings. The van der Waals surface area contributed by atoms with Gasteiger partial charge >= 0.3 is 0 Å². The van der Waals surface area contributed by atoms with Crippen LogP contribution in [-0.2, 0) is 6.42 Å². The number of hydrogen-bond donors (Lipinski definition) is 0. The zero-order valence-electron chi connectivity index (χ0n) is 8.54. The smallest absolute Gasteiger partial charge is 0.177 e. The lowest BCUT2D eigenvalue weighted by Gasteiger charge is -2.09. The second-order valence-electron chi connectivity index (χ2n) is 3.40. The average molecular weight is 271 g/mol. The van der Waals surface area contributed by atoms with Gasteiger partial charge in [0.05, 0.1) is 19.0 Å². The molecule has 2 rings (SSSR count). The SMILES string of the molecule is COc1cc2c(cc1OC)C(=O)C(Br)C2. The molecular formula is C11H11BrO3. The Balaban J connectivity index is 2.53. The van der Waals surface area contributed by atoms with Crippen LogP contribution >= 0.6 is 15.9 Å². The number of ether oxygens (including phenoxy) is 2. The monoisotopic (exact) mass is 270 g/mol. The molecule has 1 aromatic carbocycles. The number of fused-ring (bicyclic) bond motifs is 1. The third-order valence-corrected chi connectivity index (χ3v) is 3.30. The van der Waals surface area contributed by atoms with Crippen molar-refractivity contribution in [1.82, 2.24) is 0 Å². The molecule has 0 N–H and O–H groups in total. The minimum Gasteiger partial charge on any atom is -0.493 e. The average Bonchev–Trinajstić information content (AvgIpc) is 2.53. The van der Waals surface area contributed by atoms with Gasteiger partial charge in [0, 0.05) is 5.56 Å². The predicted octanol–water partition coefficient (Wildman–Crippen LogP) is 2.21. The number of carbonyl (C=O) groups excluding carboxylic acids is 1. The van der Waals surface area contributed by atoms with Crippen LogP contribution in [0.1, 0.15) is 15.9 Å². The van der Waals surface area contributed by atoms with Crippen molar-refractivity contribution in [3.05, 3.63) is 23.3 Å². The summed E-state index contributed by atoms with van der Waals surface area (Å²) in [6.45, 7) is 0. The molecule has 1 aliphatic rings. The summed E-state index contributed by atoms with van der Waals surface area (Å²) < 4.78 is 10.3. The standard InChI is InChI=1S/C11H11BrO3/c1-14-9-4-6-3-8(12)11(13)7(6)5-10(9)15-2/h4-5,8H,3H2,1-2H3. The van der Waals surface area contributed by atoms with Crippen molar-refractivity contribution < 1.29 is 14.3 Å². The number of halogens is 1. The van der Waals surface area contributed by atoms with Gasteiger partial charge in [-0.3, -0.25) is 4.79 Å². The van der Waals surface area contributed by atoms with Gasteiger partial charge in [-0.25, -0.2) is 0 Å². The topological polar surface area (TPSA) is 35.5 Å². The second kappa shape index (κ2) is 3.85. The van der Waals surface area contributed by atoms with Gasteiger partial charge in [0.2, 0.25) is 0 Å². The van der Waals surface area contributed by atoms with E-state index in [-0.39, 0.29) is 10.6 Å². The highest BCUT2D eigenvalue weighted by atomic mass is 79.9. The van der Waals surface area contributed by atoms with Crippen LogP contribution in [0.5, 0.6) is 11.5 Å². The third-order valence-electron chi connectivity index (χ3n) is 2.56. The Morgan fingerprint density at radius 2 is 1.87 bits per heavy atom. The number of Topliss-reactive ketones (excluding diaryl/α,β-unsaturated/α-hetero) is 1. The first-order valence-electron chi connectivity index (χ1n) is 4.60. The number of alkyl halides is 1. The molecule has 0 amide bonds. The number of rotatable bonds is 2. The lowest BCUT2D eigenvalue weighted by Crippen LogP contribution is -2.06. The molecule has 0 heterocycles. The van der Waals surface area contributed by atoms with E-state index < -0.39 is 0 Å². The minimum absolute atomic E-state index is 0.107. The van der Waals surface area contributed by atoms with E-state index in [1.165, 1.54) is 0 Å². The Bertz CT molecular complexity index is 415. The van der Waals surface area contributed by atoms with Crippen molar-refractivity contribution in [3.63, 3.8) is 0 Å². The molecular weight excluding hydrogens is 260 g/mol. The highest BCUT2D eigenvalue weighted by molar-refractivity contribution is 9.10. The van der Waals surface area contributed by atoms with Crippen LogP contribution in [0.3, 0.4) is 0 Å². The molecule has 0 saturated carbocycles. The van der Waals surface area contributed by atoms with Gasteiger partial charge in [0.15, 0.2) is 17.3 Å². The Hall–Kier alpha value is -1.03. The first kappa shape index (κ1) is 10.5. The van der Waals surface area contributed by atoms with E-state index in [0.717, 1.165) is 11.1 Å². The molecule has 0 bridgehead atoms. The molecule has 0 aliphatic heterocycles. The Morgan fingerprint density at radius 1 is 1.27 bits per heavy atom. The Labute approximate surface area is 96.5 Å². The highest BCUT2D eigenvalue weighted by Gasteiger charge is 2.29. The van der Waals surface area contributed by atoms with E-state index >= 15 is 0 Å². The van der Waals surface area contributed by atoms with E-state index in [1.54, 1.807) is 20.3 Å². The van der Waals surface area contributed by atoms with Crippen molar-refractivity contribution in [2.45, 2.75) is 11.2 Å². The van der Waals surface area contributed by atoms with Gasteiger partial charge in [0.1, 0.15) is 0 Å². The van der Waals surface area contributed by atoms with E-state index in [4.69, 9.17) is 9.47 Å². The molecule has 80 valence electrons. The predicted molar refractivity (Wildman–Crippen MR) is 60.3 cm³/mol. The van der Waals surface area contributed by atoms with Gasteiger partial charge < -0.3 is 9.47 Å². The van der Waals surface area contributed by atoms with Crippen LogP contribution in [0, 0.1) is 0 Å². The molecule has 15 heavy (non-hydrogen) atoms. The molecule has 0 fully saturated rings. The Morgan fingerprint density at radius 3 is 2.47 bits per heavy atom. The third kappa shape index (κ3) is 1.63. The lowest BCUT2D eigenvalue weighted by atomic mass is 10.1. The highest BCUT2D eigenvalue weighted by Crippen LogP contribution is 2.36. The van der Waals surface area contributed by atoms with E-state index in [9.17, 15) is 4.79 Å². The molecule has 0 aromatic heterocycles. The number of benzene rings is 1. The summed E-state index contributed by atoms with van der Waals surface area (Å²) in [6.07, 6.45) is 0.717. The summed E-state index contributed by atoms with van der Waals surface area (Å²) in [5.41, 5.74) is 1.74. The summed E-state index contributed by atoms with van der Waals surface area (Å²) >= 11 is 3.35. The van der Waals surface area contributed by atoms with Gasteiger partial charge in [-0.05, 0) is 24.1 Å². The summed E-state index contributed by atoms with van der Waals surface area (Å²) in [5, 5.41) is 0. The molecule has 0 radical (unpaired) electrons. The fourth-order valence-corrected chi connectivity index (χ4v) is 2.37. The maximum Gasteiger partial charge on any atom is 0.177 e. The van der Waals surface area contributed by atoms with Crippen molar-refractivity contribution in [2.75, 3.05) is 14.2 Å². The fraction of sp³-hybridized carbons (Fsp3) is 0.364. The molecule has 0 spiro atoms. The Kier molecular flexibility index (Phi) is 2.69. The summed E-state index contributed by atoms with van der Waals surface area (Å²) in [4.78, 5) is 11.6. The molecule has 1 aliphatic carbocycles. The number of ketones is 1. The normalized spacial score (nSPS) is 18.9. The van der Waals surface area contributed by atoms with E-state index in [1.807, 2.05) is 6.07 Å². The minimum atomic E-state index is -0.107. The molecule has 3 nitrogen and oxygen atoms in total. The molecule has 0 saturated heterocycles. The summed E-state index contributed by atoms with van der Waals surface area (Å²) in [7, 11) is 3.15. The zero-order chi connectivity index (χ0) is 11.0. The number of methoxy groups -OCH3 is 2. The maximum atomic E-state index is 11.7. The van der Waals surface area contributed by atoms with Crippen LogP contribution in [0.25, 0.3) is 0 Å². The van der Waals surface area contributed by atoms with Gasteiger partial charge in [-0.15, -0.1) is 0 Å². The molecule has 1 unspecified atom stereocenters. The zero-order valence-corrected chi connectivity index (χ0v) is 10.1. The van der Waals surface area contributed by atoms with Crippen LogP contribution in [0.2, 0.25) is 0 Å². The number of carbonyl (C=O) groups is 1. The second-order valence-corrected chi connectivity index (χ2v) is 4.51. The first-order valence-corrected chi connectivity index (χ1v) is 5.52. The number of hydrogen-bond acceptors (Lipinski definition) is 3. The van der Waals surface area contributed by atoms with Gasteiger partial charge in [-0.1, -0.05) is 15.9 Å². The van der Waals surface area contributed by atoms with Crippen molar-refractivity contribution >= 4 is 21.7 Å². The fourth-order valence-electron chi connectivity index (χ4n) is 1.77. The molecule has 1 atom stereocenters. The van der Waals surface area contributed by atoms with E-state index in [2.05, 4.69) is 15.9 Å². The van der Waals surface area contributed by atoms with Gasteiger partial charge in [0.25, 0.3) is 0 Å². The van der Waals surface area contributed by atoms with E-state index in [0.29, 0.717) is 17.9 Å². The largest absolute Gasteiger partial charge is 0.493 e. The lowest BCUT2D eigenvalue weighted by molar-refractivity contribution is 0.100. The summed E-state index contributed by atoms with van der Waals surface area (Å²) in [6, 6.07) is 3.62. The van der Waals surface area contributed by atoms with Gasteiger partial charge in [-0.2, -0.15) is 0 Å². The van der Waals surface area contributed by atoms with Crippen molar-refractivity contribution in [1.29, 1.82) is 0 Å². The van der Waals surface area contributed by atoms with Crippen LogP contribution < -0.4 is 9.47 Å². The van der Waals surface area contributed by atoms with Crippen LogP contribution in [0.15, 0.2) is 12.1 Å². The van der Waals surface area contributed by atoms with Crippen LogP contribution in [-0.4, -0.2) is 24.8 Å². The molecule has 4 heteroatoms. The van der Waals surface area contributed by atoms with Crippen LogP contribution in [0.4, 0.5) is 0 Å². The van der Waals surface area contributed by atoms with Crippen molar-refractivity contribution in [3.8, 4) is 11.5 Å². The quantitative estimate of drug-likeness (QED) is 0.773. The maximum absolute atomic E-state index is 11.7. The summed E-state index contributed by atoms with van der Waals surface area (Å²) in [5.74, 6) is 1.39.